The van der Waals surface area contributed by atoms with Gasteiger partial charge in [-0.05, 0) is 99.1 Å². The van der Waals surface area contributed by atoms with Gasteiger partial charge in [-0.25, -0.2) is 0 Å². The molecule has 254 valence electrons. The molecule has 1 atom stereocenters. The Bertz CT molecular complexity index is 2790. The van der Waals surface area contributed by atoms with Crippen molar-refractivity contribution in [1.82, 2.24) is 0 Å². The summed E-state index contributed by atoms with van der Waals surface area (Å²) in [6, 6.07) is 71.3. The van der Waals surface area contributed by atoms with Crippen LogP contribution in [0.5, 0.6) is 11.5 Å². The molecule has 1 aromatic heterocycles. The van der Waals surface area contributed by atoms with Crippen LogP contribution in [-0.4, -0.2) is 0 Å². The molecule has 0 bridgehead atoms. The maximum absolute atomic E-state index is 6.89. The van der Waals surface area contributed by atoms with Gasteiger partial charge in [0.1, 0.15) is 16.7 Å². The number of rotatable bonds is 5. The van der Waals surface area contributed by atoms with Crippen LogP contribution in [0, 0.1) is 0 Å². The molecule has 0 saturated heterocycles. The third kappa shape index (κ3) is 4.49. The summed E-state index contributed by atoms with van der Waals surface area (Å²) in [5.74, 6) is 2.46. The average molecular weight is 692 g/mol. The summed E-state index contributed by atoms with van der Waals surface area (Å²) in [6.07, 6.45) is 0. The number of ether oxygens (including phenoxy) is 1. The highest BCUT2D eigenvalue weighted by atomic mass is 16.5. The largest absolute Gasteiger partial charge is 0.455 e. The summed E-state index contributed by atoms with van der Waals surface area (Å²) >= 11 is 0. The molecule has 3 heteroatoms. The van der Waals surface area contributed by atoms with Crippen LogP contribution in [0.3, 0.4) is 0 Å². The van der Waals surface area contributed by atoms with Gasteiger partial charge in [-0.1, -0.05) is 146 Å². The molecule has 54 heavy (non-hydrogen) atoms. The zero-order chi connectivity index (χ0) is 35.6. The molecule has 3 nitrogen and oxygen atoms in total. The van der Waals surface area contributed by atoms with E-state index >= 15 is 0 Å². The van der Waals surface area contributed by atoms with Gasteiger partial charge < -0.3 is 14.1 Å². The zero-order valence-electron chi connectivity index (χ0n) is 29.3. The van der Waals surface area contributed by atoms with Crippen LogP contribution in [0.1, 0.15) is 22.5 Å². The lowest BCUT2D eigenvalue weighted by Crippen LogP contribution is -2.31. The van der Waals surface area contributed by atoms with Crippen molar-refractivity contribution in [1.29, 1.82) is 0 Å². The summed E-state index contributed by atoms with van der Waals surface area (Å²) in [5.41, 5.74) is 13.9. The van der Waals surface area contributed by atoms with Crippen molar-refractivity contribution in [2.24, 2.45) is 0 Å². The highest BCUT2D eigenvalue weighted by Gasteiger charge is 2.54. The molecule has 1 aliphatic carbocycles. The number of anilines is 3. The summed E-state index contributed by atoms with van der Waals surface area (Å²) < 4.78 is 13.6. The first-order valence-corrected chi connectivity index (χ1v) is 18.4. The second kappa shape index (κ2) is 12.0. The van der Waals surface area contributed by atoms with E-state index in [9.17, 15) is 0 Å². The Morgan fingerprint density at radius 1 is 0.389 bits per heavy atom. The Labute approximate surface area is 314 Å². The minimum Gasteiger partial charge on any atom is -0.455 e. The second-order valence-corrected chi connectivity index (χ2v) is 14.0. The Morgan fingerprint density at radius 2 is 0.944 bits per heavy atom. The summed E-state index contributed by atoms with van der Waals surface area (Å²) in [6.45, 7) is 0. The van der Waals surface area contributed by atoms with Crippen molar-refractivity contribution in [3.63, 3.8) is 0 Å². The van der Waals surface area contributed by atoms with E-state index in [1.165, 1.54) is 44.5 Å². The number of nitrogens with zero attached hydrogens (tertiary/aromatic N) is 1. The van der Waals surface area contributed by atoms with Crippen molar-refractivity contribution in [2.45, 2.75) is 5.41 Å². The van der Waals surface area contributed by atoms with E-state index in [2.05, 4.69) is 187 Å². The van der Waals surface area contributed by atoms with Crippen LogP contribution in [0.4, 0.5) is 17.1 Å². The number of para-hydroxylation sites is 2. The lowest BCUT2D eigenvalue weighted by molar-refractivity contribution is 0.389. The van der Waals surface area contributed by atoms with Gasteiger partial charge in [0, 0.05) is 22.6 Å². The van der Waals surface area contributed by atoms with Crippen molar-refractivity contribution in [3.8, 4) is 44.9 Å². The fourth-order valence-corrected chi connectivity index (χ4v) is 8.77. The quantitative estimate of drug-likeness (QED) is 0.180. The van der Waals surface area contributed by atoms with Gasteiger partial charge in [0.05, 0.1) is 5.39 Å². The average Bonchev–Trinajstić information content (AvgIpc) is 3.76. The molecule has 1 spiro atoms. The fraction of sp³-hybridized carbons (Fsp3) is 0.0196. The number of hydrogen-bond acceptors (Lipinski definition) is 3. The molecule has 0 radical (unpaired) electrons. The Balaban J connectivity index is 1.16. The summed E-state index contributed by atoms with van der Waals surface area (Å²) in [7, 11) is 0. The molecule has 1 aliphatic heterocycles. The van der Waals surface area contributed by atoms with E-state index in [0.717, 1.165) is 50.9 Å². The molecule has 1 unspecified atom stereocenters. The van der Waals surface area contributed by atoms with Crippen LogP contribution in [0.25, 0.3) is 44.3 Å². The smallest absolute Gasteiger partial charge is 0.178 e. The first-order valence-electron chi connectivity index (χ1n) is 18.4. The van der Waals surface area contributed by atoms with Crippen molar-refractivity contribution in [3.05, 3.63) is 223 Å². The van der Waals surface area contributed by atoms with Crippen LogP contribution < -0.4 is 9.64 Å². The molecule has 11 rings (SSSR count). The summed E-state index contributed by atoms with van der Waals surface area (Å²) in [5, 5.41) is 0.978. The third-order valence-electron chi connectivity index (χ3n) is 11.1. The fourth-order valence-electron chi connectivity index (χ4n) is 8.77. The summed E-state index contributed by atoms with van der Waals surface area (Å²) in [4.78, 5) is 2.39. The molecule has 9 aromatic rings. The normalized spacial score (nSPS) is 14.9. The lowest BCUT2D eigenvalue weighted by atomic mass is 9.69. The standard InChI is InChI=1S/C51H33NO2/c1-3-15-34(16-4-1)36-19-13-21-38(31-36)52(39-22-14-20-37(32-39)35-17-5-2-6-18-35)40-29-30-45-43(33-40)41-23-7-9-25-44(41)51(45)46-26-10-12-28-48(46)53-49-42-24-8-11-27-47(42)54-50(49)51/h1-33H. The SMILES string of the molecule is c1ccc(-c2cccc(N(c3cccc(-c4ccccc4)c3)c3ccc4c(c3)-c3ccccc3C43c4ccccc4Oc4c3oc3ccccc43)c2)cc1. The van der Waals surface area contributed by atoms with Gasteiger partial charge >= 0.3 is 0 Å². The van der Waals surface area contributed by atoms with Crippen LogP contribution >= 0.6 is 0 Å². The highest BCUT2D eigenvalue weighted by Crippen LogP contribution is 2.64. The number of fused-ring (bicyclic) bond motifs is 11. The monoisotopic (exact) mass is 691 g/mol. The van der Waals surface area contributed by atoms with E-state index in [-0.39, 0.29) is 0 Å². The van der Waals surface area contributed by atoms with Gasteiger partial charge in [0.2, 0.25) is 0 Å². The van der Waals surface area contributed by atoms with Gasteiger partial charge in [0.15, 0.2) is 11.5 Å². The predicted octanol–water partition coefficient (Wildman–Crippen LogP) is 13.7. The number of benzene rings is 8. The van der Waals surface area contributed by atoms with Crippen LogP contribution in [0.15, 0.2) is 205 Å². The Morgan fingerprint density at radius 3 is 1.67 bits per heavy atom. The van der Waals surface area contributed by atoms with Crippen LogP contribution in [-0.2, 0) is 5.41 Å². The number of hydrogen-bond donors (Lipinski definition) is 0. The molecule has 2 heterocycles. The maximum Gasteiger partial charge on any atom is 0.178 e. The van der Waals surface area contributed by atoms with E-state index < -0.39 is 5.41 Å². The Hall–Kier alpha value is -7.10. The van der Waals surface area contributed by atoms with E-state index in [0.29, 0.717) is 0 Å². The maximum atomic E-state index is 6.89. The van der Waals surface area contributed by atoms with Gasteiger partial charge in [-0.15, -0.1) is 0 Å². The third-order valence-corrected chi connectivity index (χ3v) is 11.1. The first-order chi connectivity index (χ1) is 26.8. The van der Waals surface area contributed by atoms with Crippen LogP contribution in [0.2, 0.25) is 0 Å². The van der Waals surface area contributed by atoms with E-state index in [1.807, 2.05) is 18.2 Å². The van der Waals surface area contributed by atoms with Crippen molar-refractivity contribution in [2.75, 3.05) is 4.90 Å². The Kier molecular flexibility index (Phi) is 6.77. The molecule has 2 aliphatic rings. The lowest BCUT2D eigenvalue weighted by Gasteiger charge is -2.36. The minimum absolute atomic E-state index is 0.696. The molecule has 0 fully saturated rings. The van der Waals surface area contributed by atoms with E-state index in [4.69, 9.17) is 9.15 Å². The molecule has 0 amide bonds. The molecule has 8 aromatic carbocycles. The minimum atomic E-state index is -0.696. The number of furan rings is 1. The van der Waals surface area contributed by atoms with Gasteiger partial charge in [-0.2, -0.15) is 0 Å². The molecule has 0 N–H and O–H groups in total. The first kappa shape index (κ1) is 30.5. The van der Waals surface area contributed by atoms with Gasteiger partial charge in [0.25, 0.3) is 0 Å². The van der Waals surface area contributed by atoms with Crippen molar-refractivity contribution >= 4 is 28.0 Å². The molecular formula is C51H33NO2. The molecule has 0 saturated carbocycles. The van der Waals surface area contributed by atoms with Gasteiger partial charge in [-0.3, -0.25) is 0 Å². The highest BCUT2D eigenvalue weighted by molar-refractivity contribution is 5.95. The molecular weight excluding hydrogens is 659 g/mol. The predicted molar refractivity (Wildman–Crippen MR) is 219 cm³/mol. The van der Waals surface area contributed by atoms with E-state index in [1.54, 1.807) is 0 Å². The zero-order valence-corrected chi connectivity index (χ0v) is 29.3. The second-order valence-electron chi connectivity index (χ2n) is 14.0. The topological polar surface area (TPSA) is 25.6 Å². The van der Waals surface area contributed by atoms with Crippen molar-refractivity contribution < 1.29 is 9.15 Å².